The molecule has 3 aliphatic carbocycles. The van der Waals surface area contributed by atoms with E-state index in [0.717, 1.165) is 59.3 Å². The maximum atomic E-state index is 13.0. The summed E-state index contributed by atoms with van der Waals surface area (Å²) in [4.78, 5) is 69.0. The smallest absolute Gasteiger partial charge is 0.291 e. The van der Waals surface area contributed by atoms with Crippen molar-refractivity contribution in [3.05, 3.63) is 243 Å². The molecule has 16 aromatic heterocycles. The van der Waals surface area contributed by atoms with Crippen LogP contribution in [0.2, 0.25) is 0 Å². The van der Waals surface area contributed by atoms with E-state index in [1.165, 1.54) is 0 Å². The highest BCUT2D eigenvalue weighted by atomic mass is 16.5. The molecule has 0 bridgehead atoms. The lowest BCUT2D eigenvalue weighted by molar-refractivity contribution is -0.0285. The lowest BCUT2D eigenvalue weighted by atomic mass is 9.89. The summed E-state index contributed by atoms with van der Waals surface area (Å²) < 4.78 is 48.6. The third-order valence-electron chi connectivity index (χ3n) is 21.0. The standard InChI is InChI=1S/2C23H24N6O3.2C20H18N6O3/c1-3-31-17-10-16(11-17)29-14-19(22(27-29)18-6-4-5-9-24-18)26-23(30)21-8-7-20(32-21)15-12-25-28(2)13-15;1-3-31-16-10-15(11-16)29-13-19(22(28-29)18-6-4-5-9-24-18)26-23(30)21-8-7-20(32-21)17-12-25-27-14(17)2;1-12-14(8-22-24-12)17-5-6-18(29-17)20(27)23-16-9-26(13-10-28-11-13)25-19(16)15-4-2-3-7-21-15;27-14-7-13(8-14)26-11-16(19(25-26)15-3-1-2-6-21-15)24-20(28)18-5-4-17(29-18)12-9-22-23-10-12/h4-9,12-14,16-17H,3,10-11H2,1-2H3,(H,26,30);4-9,12-13,15-16H,3,10-11H2,1-2H3,(H,25,27)(H,26,30);2-9,13H,10-11H2,1H3,(H,22,24)(H,23,27);1-6,9-11,13-14,27H,7-8H2,(H,22,23)(H,24,28). The molecule has 4 fully saturated rings. The number of aromatic amines is 3. The van der Waals surface area contributed by atoms with Gasteiger partial charge in [-0.15, -0.1) is 0 Å². The first-order valence-corrected chi connectivity index (χ1v) is 39.7. The molecule has 1 saturated heterocycles. The van der Waals surface area contributed by atoms with Crippen LogP contribution in [0, 0.1) is 13.8 Å². The molecule has 0 atom stereocenters. The number of aliphatic hydroxyl groups is 1. The molecule has 0 unspecified atom stereocenters. The molecule has 4 aliphatic rings. The Labute approximate surface area is 695 Å². The molecule has 0 aromatic carbocycles. The Balaban J connectivity index is 0.000000116. The van der Waals surface area contributed by atoms with Crippen LogP contribution in [-0.4, -0.2) is 173 Å². The van der Waals surface area contributed by atoms with Gasteiger partial charge in [-0.05, 0) is 163 Å². The summed E-state index contributed by atoms with van der Waals surface area (Å²) in [5.74, 6) is 1.65. The van der Waals surface area contributed by atoms with Crippen molar-refractivity contribution in [3.8, 4) is 90.8 Å². The number of amides is 4. The van der Waals surface area contributed by atoms with Gasteiger partial charge in [0, 0.05) is 93.6 Å². The number of rotatable bonds is 24. The van der Waals surface area contributed by atoms with Crippen molar-refractivity contribution in [3.63, 3.8) is 0 Å². The van der Waals surface area contributed by atoms with E-state index in [1.54, 1.807) is 126 Å². The van der Waals surface area contributed by atoms with E-state index in [9.17, 15) is 24.3 Å². The third-order valence-corrected chi connectivity index (χ3v) is 21.0. The molecular formula is C86H84N24O12. The van der Waals surface area contributed by atoms with Crippen LogP contribution in [0.1, 0.15) is 130 Å². The van der Waals surface area contributed by atoms with Crippen molar-refractivity contribution < 1.29 is 56.2 Å². The van der Waals surface area contributed by atoms with Crippen LogP contribution in [0.5, 0.6) is 0 Å². The SMILES string of the molecule is CCOC1CC(n2cc(NC(=O)c3ccc(-c4cn[nH]c4C)o3)c(-c3ccccn3)n2)C1.CCOC1CC(n2cc(NC(=O)c3ccc(-c4cnn(C)c4)o3)c(-c3ccccn3)n2)C1.Cc1[nH]ncc1-c1ccc(C(=O)Nc2cn(C3COC3)nc2-c2ccccn2)o1.O=C(Nc1cn(C2CC(O)C2)nc1-c1ccccn1)c1ccc(-c2cn[nH]c2)o1. The fourth-order valence-electron chi connectivity index (χ4n) is 14.2. The number of ether oxygens (including phenoxy) is 3. The number of anilines is 4. The zero-order valence-corrected chi connectivity index (χ0v) is 66.8. The largest absolute Gasteiger partial charge is 0.451 e. The highest BCUT2D eigenvalue weighted by Crippen LogP contribution is 2.41. The van der Waals surface area contributed by atoms with Crippen LogP contribution < -0.4 is 21.3 Å². The monoisotopic (exact) mass is 1640 g/mol. The number of nitrogens with one attached hydrogen (secondary N) is 7. The van der Waals surface area contributed by atoms with Gasteiger partial charge in [-0.25, -0.2) is 0 Å². The van der Waals surface area contributed by atoms with Gasteiger partial charge in [-0.3, -0.25) is 77.8 Å². The summed E-state index contributed by atoms with van der Waals surface area (Å²) in [6.07, 6.45) is 29.4. The van der Waals surface area contributed by atoms with E-state index in [0.29, 0.717) is 131 Å². The highest BCUT2D eigenvalue weighted by Gasteiger charge is 2.36. The first-order chi connectivity index (χ1) is 59.6. The van der Waals surface area contributed by atoms with Gasteiger partial charge >= 0.3 is 0 Å². The number of carbonyl (C=O) groups is 4. The van der Waals surface area contributed by atoms with Crippen LogP contribution >= 0.6 is 0 Å². The second kappa shape index (κ2) is 35.7. The highest BCUT2D eigenvalue weighted by molar-refractivity contribution is 6.07. The second-order valence-electron chi connectivity index (χ2n) is 29.4. The first-order valence-electron chi connectivity index (χ1n) is 39.7. The topological polar surface area (TPSA) is 444 Å². The number of hydrogen-bond acceptors (Lipinski definition) is 24. The van der Waals surface area contributed by atoms with E-state index in [1.807, 2.05) is 140 Å². The predicted octanol–water partition coefficient (Wildman–Crippen LogP) is 14.1. The lowest BCUT2D eigenvalue weighted by Gasteiger charge is -2.34. The molecule has 1 aliphatic heterocycles. The molecule has 122 heavy (non-hydrogen) atoms. The maximum absolute atomic E-state index is 13.0. The molecule has 620 valence electrons. The first kappa shape index (κ1) is 79.6. The van der Waals surface area contributed by atoms with Crippen LogP contribution in [-0.2, 0) is 21.3 Å². The third kappa shape index (κ3) is 17.8. The summed E-state index contributed by atoms with van der Waals surface area (Å²) in [5.41, 5.74) is 12.4. The number of furan rings is 4. The Kier molecular flexibility index (Phi) is 23.3. The van der Waals surface area contributed by atoms with Crippen molar-refractivity contribution in [2.75, 3.05) is 47.7 Å². The minimum Gasteiger partial charge on any atom is -0.451 e. The van der Waals surface area contributed by atoms with Crippen molar-refractivity contribution >= 4 is 46.4 Å². The molecule has 16 aromatic rings. The number of aliphatic hydroxyl groups excluding tert-OH is 1. The van der Waals surface area contributed by atoms with Crippen LogP contribution in [0.4, 0.5) is 22.7 Å². The average Bonchev–Trinajstić information content (AvgIpc) is 1.66. The Morgan fingerprint density at radius 2 is 0.795 bits per heavy atom. The molecule has 0 radical (unpaired) electrons. The Hall–Kier alpha value is -14.9. The zero-order valence-electron chi connectivity index (χ0n) is 66.8. The summed E-state index contributed by atoms with van der Waals surface area (Å²) in [5, 5.41) is 64.4. The number of aromatic nitrogens is 20. The number of pyridine rings is 4. The van der Waals surface area contributed by atoms with Crippen molar-refractivity contribution in [1.82, 2.24) is 99.4 Å². The quantitative estimate of drug-likeness (QED) is 0.0278. The second-order valence-corrected chi connectivity index (χ2v) is 29.4. The van der Waals surface area contributed by atoms with Crippen molar-refractivity contribution in [2.24, 2.45) is 7.05 Å². The fourth-order valence-corrected chi connectivity index (χ4v) is 14.2. The average molecular weight is 1650 g/mol. The van der Waals surface area contributed by atoms with E-state index >= 15 is 0 Å². The van der Waals surface area contributed by atoms with E-state index in [4.69, 9.17) is 42.1 Å². The summed E-state index contributed by atoms with van der Waals surface area (Å²) in [6, 6.07) is 36.6. The molecule has 36 heteroatoms. The molecule has 0 spiro atoms. The molecule has 17 heterocycles. The Bertz CT molecular complexity index is 6220. The minimum absolute atomic E-state index is 0.106. The van der Waals surface area contributed by atoms with Gasteiger partial charge in [0.1, 0.15) is 45.8 Å². The normalized spacial score (nSPS) is 17.0. The molecule has 3 saturated carbocycles. The Morgan fingerprint density at radius 1 is 0.434 bits per heavy atom. The minimum atomic E-state index is -0.384. The van der Waals surface area contributed by atoms with Crippen molar-refractivity contribution in [2.45, 2.75) is 109 Å². The summed E-state index contributed by atoms with van der Waals surface area (Å²) in [6.45, 7) is 10.4. The maximum Gasteiger partial charge on any atom is 0.291 e. The fraction of sp³-hybridized carbons (Fsp3) is 0.256. The molecule has 8 N–H and O–H groups in total. The van der Waals surface area contributed by atoms with Gasteiger partial charge in [-0.1, -0.05) is 24.3 Å². The number of carbonyl (C=O) groups excluding carboxylic acids is 4. The predicted molar refractivity (Wildman–Crippen MR) is 444 cm³/mol. The van der Waals surface area contributed by atoms with Crippen LogP contribution in [0.3, 0.4) is 0 Å². The van der Waals surface area contributed by atoms with Gasteiger partial charge in [0.2, 0.25) is 0 Å². The van der Waals surface area contributed by atoms with E-state index in [-0.39, 0.29) is 89.1 Å². The van der Waals surface area contributed by atoms with Crippen LogP contribution in [0.25, 0.3) is 90.8 Å². The van der Waals surface area contributed by atoms with Gasteiger partial charge in [-0.2, -0.15) is 40.8 Å². The van der Waals surface area contributed by atoms with Crippen molar-refractivity contribution in [1.29, 1.82) is 0 Å². The summed E-state index contributed by atoms with van der Waals surface area (Å²) >= 11 is 0. The Morgan fingerprint density at radius 3 is 1.10 bits per heavy atom. The number of aryl methyl sites for hydroxylation is 3. The number of H-pyrrole nitrogens is 3. The van der Waals surface area contributed by atoms with Gasteiger partial charge in [0.15, 0.2) is 23.0 Å². The number of nitrogens with zero attached hydrogens (tertiary/aromatic N) is 17. The van der Waals surface area contributed by atoms with Crippen LogP contribution in [0.15, 0.2) is 226 Å². The molecule has 4 amide bonds. The molecular weight excluding hydrogens is 1560 g/mol. The lowest BCUT2D eigenvalue weighted by Crippen LogP contribution is -2.33. The number of hydrogen-bond donors (Lipinski definition) is 8. The zero-order chi connectivity index (χ0) is 83.7. The van der Waals surface area contributed by atoms with Gasteiger partial charge in [0.25, 0.3) is 23.6 Å². The van der Waals surface area contributed by atoms with Gasteiger partial charge < -0.3 is 58.3 Å². The van der Waals surface area contributed by atoms with E-state index in [2.05, 4.69) is 87.1 Å². The molecule has 36 nitrogen and oxygen atoms in total. The van der Waals surface area contributed by atoms with Gasteiger partial charge in [0.05, 0.1) is 148 Å². The summed E-state index contributed by atoms with van der Waals surface area (Å²) in [7, 11) is 1.83. The van der Waals surface area contributed by atoms with E-state index < -0.39 is 0 Å². The molecule has 20 rings (SSSR count).